The topological polar surface area (TPSA) is 48.3 Å². The number of aryl methyl sites for hydroxylation is 1. The predicted molar refractivity (Wildman–Crippen MR) is 83.7 cm³/mol. The van der Waals surface area contributed by atoms with E-state index < -0.39 is 0 Å². The molecule has 0 bridgehead atoms. The van der Waals surface area contributed by atoms with E-state index in [0.717, 1.165) is 44.7 Å². The van der Waals surface area contributed by atoms with Crippen LogP contribution in [0.25, 0.3) is 0 Å². The van der Waals surface area contributed by atoms with Crippen molar-refractivity contribution in [2.24, 2.45) is 0 Å². The van der Waals surface area contributed by atoms with Gasteiger partial charge < -0.3 is 14.8 Å². The maximum atomic E-state index is 6.43. The molecular formula is C15H26ClN3O2. The molecule has 6 heteroatoms. The Bertz CT molecular complexity index is 439. The van der Waals surface area contributed by atoms with Gasteiger partial charge in [0.15, 0.2) is 0 Å². The number of nitrogens with zero attached hydrogens (tertiary/aromatic N) is 2. The Morgan fingerprint density at radius 1 is 1.48 bits per heavy atom. The normalized spacial score (nSPS) is 19.6. The van der Waals surface area contributed by atoms with Gasteiger partial charge in [-0.1, -0.05) is 18.5 Å². The molecule has 0 saturated carbocycles. The zero-order chi connectivity index (χ0) is 15.3. The molecule has 1 atom stereocenters. The molecule has 0 spiro atoms. The van der Waals surface area contributed by atoms with Gasteiger partial charge in [-0.2, -0.15) is 5.10 Å². The smallest absolute Gasteiger partial charge is 0.0935 e. The van der Waals surface area contributed by atoms with Gasteiger partial charge in [0.2, 0.25) is 0 Å². The summed E-state index contributed by atoms with van der Waals surface area (Å²) in [6.07, 6.45) is 4.47. The lowest BCUT2D eigenvalue weighted by molar-refractivity contribution is -0.128. The fourth-order valence-corrected chi connectivity index (χ4v) is 3.47. The first kappa shape index (κ1) is 16.7. The first-order valence-electron chi connectivity index (χ1n) is 7.78. The molecule has 120 valence electrons. The number of hydrogen-bond donors (Lipinski definition) is 1. The number of aromatic nitrogens is 2. The monoisotopic (exact) mass is 315 g/mol. The maximum absolute atomic E-state index is 6.43. The van der Waals surface area contributed by atoms with Crippen LogP contribution in [0.2, 0.25) is 5.02 Å². The molecule has 0 radical (unpaired) electrons. The Morgan fingerprint density at radius 3 is 2.76 bits per heavy atom. The highest BCUT2D eigenvalue weighted by Gasteiger charge is 2.43. The van der Waals surface area contributed by atoms with Gasteiger partial charge in [0.1, 0.15) is 0 Å². The van der Waals surface area contributed by atoms with Crippen LogP contribution >= 0.6 is 11.6 Å². The van der Waals surface area contributed by atoms with E-state index in [-0.39, 0.29) is 11.6 Å². The van der Waals surface area contributed by atoms with E-state index in [1.54, 1.807) is 6.20 Å². The second-order valence-electron chi connectivity index (χ2n) is 5.43. The Hall–Kier alpha value is -0.620. The highest BCUT2D eigenvalue weighted by atomic mass is 35.5. The molecule has 0 aromatic carbocycles. The molecule has 21 heavy (non-hydrogen) atoms. The van der Waals surface area contributed by atoms with Crippen molar-refractivity contribution in [3.63, 3.8) is 0 Å². The molecule has 1 N–H and O–H groups in total. The number of ether oxygens (including phenoxy) is 2. The van der Waals surface area contributed by atoms with Crippen molar-refractivity contribution in [2.75, 3.05) is 26.9 Å². The van der Waals surface area contributed by atoms with Crippen molar-refractivity contribution in [2.45, 2.75) is 51.3 Å². The average molecular weight is 316 g/mol. The van der Waals surface area contributed by atoms with Gasteiger partial charge in [-0.05, 0) is 20.4 Å². The van der Waals surface area contributed by atoms with Crippen LogP contribution in [0.3, 0.4) is 0 Å². The largest absolute Gasteiger partial charge is 0.381 e. The molecule has 1 unspecified atom stereocenters. The third kappa shape index (κ3) is 3.42. The average Bonchev–Trinajstić information content (AvgIpc) is 2.83. The maximum Gasteiger partial charge on any atom is 0.0935 e. The highest BCUT2D eigenvalue weighted by molar-refractivity contribution is 6.31. The third-order valence-electron chi connectivity index (χ3n) is 4.13. The summed E-state index contributed by atoms with van der Waals surface area (Å²) in [5.41, 5.74) is 0.744. The second-order valence-corrected chi connectivity index (χ2v) is 5.84. The van der Waals surface area contributed by atoms with Crippen molar-refractivity contribution in [1.82, 2.24) is 15.1 Å². The number of hydrogen-bond acceptors (Lipinski definition) is 4. The SMILES string of the molecule is CCCn1ncc(Cl)c1C(NC)C1(OCC)CCOCC1. The molecule has 1 aliphatic heterocycles. The predicted octanol–water partition coefficient (Wildman–Crippen LogP) is 2.79. The Kier molecular flexibility index (Phi) is 6.05. The van der Waals surface area contributed by atoms with Crippen LogP contribution in [-0.2, 0) is 16.0 Å². The van der Waals surface area contributed by atoms with E-state index in [4.69, 9.17) is 21.1 Å². The highest BCUT2D eigenvalue weighted by Crippen LogP contribution is 2.40. The molecule has 0 aliphatic carbocycles. The first-order chi connectivity index (χ1) is 10.2. The Labute approximate surface area is 131 Å². The summed E-state index contributed by atoms with van der Waals surface area (Å²) in [7, 11) is 1.96. The van der Waals surface area contributed by atoms with Crippen LogP contribution in [0.4, 0.5) is 0 Å². The summed E-state index contributed by atoms with van der Waals surface area (Å²) in [5.74, 6) is 0. The van der Waals surface area contributed by atoms with Crippen LogP contribution in [-0.4, -0.2) is 42.2 Å². The van der Waals surface area contributed by atoms with Crippen LogP contribution in [0.15, 0.2) is 6.20 Å². The Balaban J connectivity index is 2.38. The lowest BCUT2D eigenvalue weighted by Crippen LogP contribution is -2.50. The van der Waals surface area contributed by atoms with Gasteiger partial charge in [0.05, 0.1) is 28.6 Å². The van der Waals surface area contributed by atoms with E-state index in [1.807, 2.05) is 18.7 Å². The number of nitrogens with one attached hydrogen (secondary N) is 1. The lowest BCUT2D eigenvalue weighted by atomic mass is 9.84. The van der Waals surface area contributed by atoms with Crippen molar-refractivity contribution in [3.05, 3.63) is 16.9 Å². The zero-order valence-corrected chi connectivity index (χ0v) is 13.9. The van der Waals surface area contributed by atoms with Crippen molar-refractivity contribution in [1.29, 1.82) is 0 Å². The summed E-state index contributed by atoms with van der Waals surface area (Å²) in [6, 6.07) is 0.0166. The lowest BCUT2D eigenvalue weighted by Gasteiger charge is -2.43. The minimum Gasteiger partial charge on any atom is -0.381 e. The molecular weight excluding hydrogens is 290 g/mol. The molecule has 2 heterocycles. The van der Waals surface area contributed by atoms with Gasteiger partial charge in [0.25, 0.3) is 0 Å². The molecule has 1 saturated heterocycles. The minimum absolute atomic E-state index is 0.0166. The van der Waals surface area contributed by atoms with Gasteiger partial charge >= 0.3 is 0 Å². The molecule has 2 rings (SSSR count). The number of likely N-dealkylation sites (N-methyl/N-ethyl adjacent to an activating group) is 1. The van der Waals surface area contributed by atoms with E-state index >= 15 is 0 Å². The summed E-state index contributed by atoms with van der Waals surface area (Å²) < 4.78 is 13.7. The summed E-state index contributed by atoms with van der Waals surface area (Å²) in [5, 5.41) is 8.53. The number of rotatable bonds is 7. The fourth-order valence-electron chi connectivity index (χ4n) is 3.22. The van der Waals surface area contributed by atoms with E-state index in [0.29, 0.717) is 11.6 Å². The van der Waals surface area contributed by atoms with Crippen LogP contribution < -0.4 is 5.32 Å². The van der Waals surface area contributed by atoms with Crippen LogP contribution in [0.5, 0.6) is 0 Å². The van der Waals surface area contributed by atoms with Crippen molar-refractivity contribution >= 4 is 11.6 Å². The Morgan fingerprint density at radius 2 is 2.19 bits per heavy atom. The van der Waals surface area contributed by atoms with Gasteiger partial charge in [0, 0.05) is 39.2 Å². The van der Waals surface area contributed by atoms with Crippen molar-refractivity contribution in [3.8, 4) is 0 Å². The van der Waals surface area contributed by atoms with E-state index in [2.05, 4.69) is 17.3 Å². The molecule has 1 aromatic heterocycles. The first-order valence-corrected chi connectivity index (χ1v) is 8.16. The summed E-state index contributed by atoms with van der Waals surface area (Å²) in [4.78, 5) is 0. The van der Waals surface area contributed by atoms with Gasteiger partial charge in [-0.15, -0.1) is 0 Å². The molecule has 0 amide bonds. The van der Waals surface area contributed by atoms with Crippen molar-refractivity contribution < 1.29 is 9.47 Å². The summed E-state index contributed by atoms with van der Waals surface area (Å²) in [6.45, 7) is 7.15. The fraction of sp³-hybridized carbons (Fsp3) is 0.800. The standard InChI is InChI=1S/C15H26ClN3O2/c1-4-8-19-13(12(16)11-18-19)14(17-3)15(21-5-2)6-9-20-10-7-15/h11,14,17H,4-10H2,1-3H3. The molecule has 5 nitrogen and oxygen atoms in total. The zero-order valence-electron chi connectivity index (χ0n) is 13.2. The van der Waals surface area contributed by atoms with Crippen LogP contribution in [0.1, 0.15) is 44.8 Å². The molecule has 1 aliphatic rings. The van der Waals surface area contributed by atoms with Gasteiger partial charge in [-0.3, -0.25) is 4.68 Å². The van der Waals surface area contributed by atoms with E-state index in [9.17, 15) is 0 Å². The quantitative estimate of drug-likeness (QED) is 0.840. The van der Waals surface area contributed by atoms with E-state index in [1.165, 1.54) is 0 Å². The number of halogens is 1. The van der Waals surface area contributed by atoms with Crippen LogP contribution in [0, 0.1) is 0 Å². The second kappa shape index (κ2) is 7.58. The van der Waals surface area contributed by atoms with Gasteiger partial charge in [-0.25, -0.2) is 0 Å². The molecule has 1 aromatic rings. The third-order valence-corrected chi connectivity index (χ3v) is 4.42. The summed E-state index contributed by atoms with van der Waals surface area (Å²) >= 11 is 6.43. The minimum atomic E-state index is -0.281. The molecule has 1 fully saturated rings.